The van der Waals surface area contributed by atoms with Crippen LogP contribution in [0.4, 0.5) is 5.69 Å². The van der Waals surface area contributed by atoms with Crippen molar-refractivity contribution in [2.45, 2.75) is 19.6 Å². The summed E-state index contributed by atoms with van der Waals surface area (Å²) in [5.74, 6) is 1.26. The van der Waals surface area contributed by atoms with Crippen molar-refractivity contribution in [1.82, 2.24) is 0 Å². The standard InChI is InChI=1S/C19H24N2O4.ClH/c1-14(25-13-15-4-3-5-18(12-15)23-2)19(22)21-16-6-8-17(9-7-16)24-11-10-20;/h3-9,12,14H,10-11,13,20H2,1-2H3,(H,21,22);1H. The molecule has 26 heavy (non-hydrogen) atoms. The van der Waals surface area contributed by atoms with Crippen molar-refractivity contribution in [2.75, 3.05) is 25.6 Å². The average Bonchev–Trinajstić information content (AvgIpc) is 2.65. The highest BCUT2D eigenvalue weighted by Crippen LogP contribution is 2.17. The first-order valence-electron chi connectivity index (χ1n) is 8.10. The molecule has 0 bridgehead atoms. The van der Waals surface area contributed by atoms with E-state index in [0.29, 0.717) is 31.2 Å². The Morgan fingerprint density at radius 1 is 1.15 bits per heavy atom. The lowest BCUT2D eigenvalue weighted by Gasteiger charge is -2.14. The van der Waals surface area contributed by atoms with Gasteiger partial charge in [-0.3, -0.25) is 4.79 Å². The average molecular weight is 381 g/mol. The molecule has 1 amide bonds. The smallest absolute Gasteiger partial charge is 0.253 e. The zero-order valence-corrected chi connectivity index (χ0v) is 15.8. The van der Waals surface area contributed by atoms with Crippen molar-refractivity contribution < 1.29 is 19.0 Å². The summed E-state index contributed by atoms with van der Waals surface area (Å²) in [6, 6.07) is 14.7. The van der Waals surface area contributed by atoms with Crippen molar-refractivity contribution >= 4 is 24.0 Å². The lowest BCUT2D eigenvalue weighted by Crippen LogP contribution is -2.27. The van der Waals surface area contributed by atoms with E-state index in [1.165, 1.54) is 0 Å². The molecular weight excluding hydrogens is 356 g/mol. The summed E-state index contributed by atoms with van der Waals surface area (Å²) in [6.45, 7) is 2.97. The minimum absolute atomic E-state index is 0. The van der Waals surface area contributed by atoms with Crippen LogP contribution in [0, 0.1) is 0 Å². The SMILES string of the molecule is COc1cccc(COC(C)C(=O)Nc2ccc(OCCN)cc2)c1.Cl. The summed E-state index contributed by atoms with van der Waals surface area (Å²) in [5, 5.41) is 2.81. The Labute approximate surface area is 160 Å². The second-order valence-corrected chi connectivity index (χ2v) is 5.46. The Morgan fingerprint density at radius 2 is 1.88 bits per heavy atom. The number of hydrogen-bond acceptors (Lipinski definition) is 5. The fourth-order valence-electron chi connectivity index (χ4n) is 2.11. The molecule has 142 valence electrons. The third-order valence-electron chi connectivity index (χ3n) is 3.51. The van der Waals surface area contributed by atoms with Crippen LogP contribution in [0.25, 0.3) is 0 Å². The molecule has 0 saturated heterocycles. The molecule has 0 aliphatic carbocycles. The number of nitrogens with one attached hydrogen (secondary N) is 1. The molecule has 2 aromatic carbocycles. The molecule has 1 atom stereocenters. The molecule has 0 aliphatic heterocycles. The fourth-order valence-corrected chi connectivity index (χ4v) is 2.11. The number of methoxy groups -OCH3 is 1. The zero-order chi connectivity index (χ0) is 18.1. The number of carbonyl (C=O) groups excluding carboxylic acids is 1. The first-order valence-corrected chi connectivity index (χ1v) is 8.10. The molecular formula is C19H25ClN2O4. The van der Waals surface area contributed by atoms with Crippen molar-refractivity contribution in [2.24, 2.45) is 5.73 Å². The summed E-state index contributed by atoms with van der Waals surface area (Å²) in [6.07, 6.45) is -0.584. The molecule has 2 aromatic rings. The van der Waals surface area contributed by atoms with Crippen LogP contribution in [0.1, 0.15) is 12.5 Å². The number of carbonyl (C=O) groups is 1. The number of amides is 1. The first-order chi connectivity index (χ1) is 12.1. The van der Waals surface area contributed by atoms with Gasteiger partial charge in [0.15, 0.2) is 0 Å². The molecule has 0 radical (unpaired) electrons. The van der Waals surface area contributed by atoms with Gasteiger partial charge < -0.3 is 25.3 Å². The van der Waals surface area contributed by atoms with E-state index in [-0.39, 0.29) is 18.3 Å². The van der Waals surface area contributed by atoms with Crippen LogP contribution in [0.3, 0.4) is 0 Å². The van der Waals surface area contributed by atoms with E-state index >= 15 is 0 Å². The number of halogens is 1. The third-order valence-corrected chi connectivity index (χ3v) is 3.51. The first kappa shape index (κ1) is 21.8. The van der Waals surface area contributed by atoms with E-state index in [1.807, 2.05) is 24.3 Å². The van der Waals surface area contributed by atoms with Gasteiger partial charge in [-0.05, 0) is 48.9 Å². The van der Waals surface area contributed by atoms with Gasteiger partial charge in [0.1, 0.15) is 24.2 Å². The quantitative estimate of drug-likeness (QED) is 0.698. The molecule has 0 aromatic heterocycles. The van der Waals surface area contributed by atoms with Crippen LogP contribution in [-0.2, 0) is 16.1 Å². The van der Waals surface area contributed by atoms with Gasteiger partial charge in [0.05, 0.1) is 13.7 Å². The molecule has 3 N–H and O–H groups in total. The fraction of sp³-hybridized carbons (Fsp3) is 0.316. The molecule has 0 spiro atoms. The molecule has 0 heterocycles. The molecule has 0 aliphatic rings. The predicted molar refractivity (Wildman–Crippen MR) is 104 cm³/mol. The molecule has 1 unspecified atom stereocenters. The van der Waals surface area contributed by atoms with Crippen LogP contribution >= 0.6 is 12.4 Å². The Bertz CT molecular complexity index is 679. The second-order valence-electron chi connectivity index (χ2n) is 5.46. The highest BCUT2D eigenvalue weighted by molar-refractivity contribution is 5.93. The minimum atomic E-state index is -0.584. The summed E-state index contributed by atoms with van der Waals surface area (Å²) < 4.78 is 16.2. The van der Waals surface area contributed by atoms with Gasteiger partial charge in [-0.2, -0.15) is 0 Å². The largest absolute Gasteiger partial charge is 0.497 e. The van der Waals surface area contributed by atoms with Gasteiger partial charge in [0.25, 0.3) is 5.91 Å². The minimum Gasteiger partial charge on any atom is -0.497 e. The summed E-state index contributed by atoms with van der Waals surface area (Å²) in [7, 11) is 1.61. The van der Waals surface area contributed by atoms with Crippen molar-refractivity contribution in [3.05, 3.63) is 54.1 Å². The van der Waals surface area contributed by atoms with E-state index in [9.17, 15) is 4.79 Å². The zero-order valence-electron chi connectivity index (χ0n) is 14.9. The number of anilines is 1. The van der Waals surface area contributed by atoms with E-state index < -0.39 is 6.10 Å². The summed E-state index contributed by atoms with van der Waals surface area (Å²) >= 11 is 0. The number of ether oxygens (including phenoxy) is 3. The predicted octanol–water partition coefficient (Wildman–Crippen LogP) is 3.00. The Kier molecular flexibility index (Phi) is 9.51. The lowest BCUT2D eigenvalue weighted by atomic mass is 10.2. The van der Waals surface area contributed by atoms with Gasteiger partial charge in [-0.25, -0.2) is 0 Å². The highest BCUT2D eigenvalue weighted by Gasteiger charge is 2.14. The van der Waals surface area contributed by atoms with Crippen LogP contribution < -0.4 is 20.5 Å². The van der Waals surface area contributed by atoms with E-state index in [1.54, 1.807) is 38.3 Å². The normalized spacial score (nSPS) is 11.2. The van der Waals surface area contributed by atoms with Crippen LogP contribution in [0.2, 0.25) is 0 Å². The van der Waals surface area contributed by atoms with Crippen LogP contribution in [0.15, 0.2) is 48.5 Å². The van der Waals surface area contributed by atoms with Crippen molar-refractivity contribution in [3.63, 3.8) is 0 Å². The molecule has 0 fully saturated rings. The highest BCUT2D eigenvalue weighted by atomic mass is 35.5. The topological polar surface area (TPSA) is 82.8 Å². The Morgan fingerprint density at radius 3 is 2.54 bits per heavy atom. The monoisotopic (exact) mass is 380 g/mol. The van der Waals surface area contributed by atoms with Crippen LogP contribution in [-0.4, -0.2) is 32.3 Å². The Balaban J connectivity index is 0.00000338. The second kappa shape index (κ2) is 11.4. The van der Waals surface area contributed by atoms with E-state index in [2.05, 4.69) is 5.32 Å². The number of benzene rings is 2. The summed E-state index contributed by atoms with van der Waals surface area (Å²) in [4.78, 5) is 12.2. The van der Waals surface area contributed by atoms with Gasteiger partial charge in [0.2, 0.25) is 0 Å². The molecule has 0 saturated carbocycles. The maximum Gasteiger partial charge on any atom is 0.253 e. The molecule has 6 nitrogen and oxygen atoms in total. The van der Waals surface area contributed by atoms with Gasteiger partial charge in [0, 0.05) is 12.2 Å². The van der Waals surface area contributed by atoms with Crippen molar-refractivity contribution in [1.29, 1.82) is 0 Å². The number of nitrogens with two attached hydrogens (primary N) is 1. The molecule has 7 heteroatoms. The van der Waals surface area contributed by atoms with Gasteiger partial charge >= 0.3 is 0 Å². The Hall–Kier alpha value is -2.28. The van der Waals surface area contributed by atoms with Crippen LogP contribution in [0.5, 0.6) is 11.5 Å². The summed E-state index contributed by atoms with van der Waals surface area (Å²) in [5.41, 5.74) is 7.02. The van der Waals surface area contributed by atoms with E-state index in [4.69, 9.17) is 19.9 Å². The van der Waals surface area contributed by atoms with Gasteiger partial charge in [-0.1, -0.05) is 12.1 Å². The maximum atomic E-state index is 12.2. The third kappa shape index (κ3) is 6.92. The number of rotatable bonds is 9. The van der Waals surface area contributed by atoms with Crippen molar-refractivity contribution in [3.8, 4) is 11.5 Å². The number of hydrogen-bond donors (Lipinski definition) is 2. The van der Waals surface area contributed by atoms with E-state index in [0.717, 1.165) is 11.3 Å². The lowest BCUT2D eigenvalue weighted by molar-refractivity contribution is -0.127. The maximum absolute atomic E-state index is 12.2. The molecule has 2 rings (SSSR count). The van der Waals surface area contributed by atoms with Gasteiger partial charge in [-0.15, -0.1) is 12.4 Å².